The Labute approximate surface area is 189 Å². The molecule has 2 aromatic carbocycles. The maximum atomic E-state index is 12.8. The maximum absolute atomic E-state index is 12.8. The summed E-state index contributed by atoms with van der Waals surface area (Å²) in [6, 6.07) is 12.2. The lowest BCUT2D eigenvalue weighted by Gasteiger charge is -2.15. The minimum Gasteiger partial charge on any atom is -0.609 e. The van der Waals surface area contributed by atoms with E-state index >= 15 is 0 Å². The van der Waals surface area contributed by atoms with E-state index in [9.17, 15) is 14.7 Å². The Morgan fingerprint density at radius 3 is 2.62 bits per heavy atom. The predicted octanol–water partition coefficient (Wildman–Crippen LogP) is 3.96. The van der Waals surface area contributed by atoms with E-state index < -0.39 is 22.4 Å². The molecule has 1 aromatic heterocycles. The van der Waals surface area contributed by atoms with Gasteiger partial charge in [0.2, 0.25) is 0 Å². The third-order valence-electron chi connectivity index (χ3n) is 4.81. The molecule has 0 fully saturated rings. The highest BCUT2D eigenvalue weighted by atomic mass is 32.2. The number of hydrogen-bond donors (Lipinski definition) is 0. The third kappa shape index (κ3) is 5.46. The molecule has 0 aliphatic carbocycles. The number of nitro benzene ring substituents is 1. The zero-order valence-corrected chi connectivity index (χ0v) is 18.9. The molecule has 32 heavy (non-hydrogen) atoms. The van der Waals surface area contributed by atoms with Crippen LogP contribution in [-0.4, -0.2) is 45.6 Å². The Morgan fingerprint density at radius 2 is 1.94 bits per heavy atom. The molecule has 0 aliphatic heterocycles. The van der Waals surface area contributed by atoms with Crippen LogP contribution in [0.3, 0.4) is 0 Å². The van der Waals surface area contributed by atoms with Gasteiger partial charge in [-0.25, -0.2) is 0 Å². The number of methoxy groups -OCH3 is 2. The molecule has 0 amide bonds. The van der Waals surface area contributed by atoms with Crippen molar-refractivity contribution in [2.45, 2.75) is 24.8 Å². The minimum absolute atomic E-state index is 0.116. The first-order valence-electron chi connectivity index (χ1n) is 9.90. The number of imidazole rings is 1. The van der Waals surface area contributed by atoms with Crippen LogP contribution in [0.1, 0.15) is 23.8 Å². The average Bonchev–Trinajstić information content (AvgIpc) is 3.27. The number of nitro groups is 1. The molecular formula is C22H25N3O6S. The number of benzene rings is 2. The fourth-order valence-corrected chi connectivity index (χ4v) is 4.39. The van der Waals surface area contributed by atoms with Crippen molar-refractivity contribution in [3.05, 3.63) is 76.1 Å². The van der Waals surface area contributed by atoms with Crippen LogP contribution >= 0.6 is 0 Å². The van der Waals surface area contributed by atoms with Gasteiger partial charge in [-0.2, -0.15) is 4.98 Å². The SMILES string of the molecule is COC(OC)c1cc(OCCC[S+]([O-])c2nccn2-c2ccccc2C)ccc1[N+](=O)[O-]. The minimum atomic E-state index is -1.31. The summed E-state index contributed by atoms with van der Waals surface area (Å²) in [5, 5.41) is 11.8. The zero-order valence-electron chi connectivity index (χ0n) is 18.1. The Kier molecular flexibility index (Phi) is 8.23. The number of rotatable bonds is 11. The number of aromatic nitrogens is 2. The van der Waals surface area contributed by atoms with E-state index in [1.807, 2.05) is 35.8 Å². The highest BCUT2D eigenvalue weighted by Gasteiger charge is 2.23. The van der Waals surface area contributed by atoms with Gasteiger partial charge >= 0.3 is 5.16 Å². The molecule has 1 atom stereocenters. The summed E-state index contributed by atoms with van der Waals surface area (Å²) in [5.41, 5.74) is 2.15. The van der Waals surface area contributed by atoms with Crippen molar-refractivity contribution in [2.24, 2.45) is 0 Å². The molecule has 0 radical (unpaired) electrons. The van der Waals surface area contributed by atoms with Crippen molar-refractivity contribution in [3.8, 4) is 11.4 Å². The summed E-state index contributed by atoms with van der Waals surface area (Å²) in [6.07, 6.45) is 3.06. The molecule has 9 nitrogen and oxygen atoms in total. The van der Waals surface area contributed by atoms with Crippen LogP contribution in [0.25, 0.3) is 5.69 Å². The second-order valence-electron chi connectivity index (χ2n) is 6.90. The molecule has 3 rings (SSSR count). The van der Waals surface area contributed by atoms with Gasteiger partial charge in [0.25, 0.3) is 5.69 Å². The molecule has 3 aromatic rings. The Bertz CT molecular complexity index is 1050. The fraction of sp³-hybridized carbons (Fsp3) is 0.318. The number of ether oxygens (including phenoxy) is 3. The summed E-state index contributed by atoms with van der Waals surface area (Å²) >= 11 is -1.31. The van der Waals surface area contributed by atoms with E-state index in [-0.39, 0.29) is 11.3 Å². The van der Waals surface area contributed by atoms with Crippen molar-refractivity contribution in [3.63, 3.8) is 0 Å². The molecule has 10 heteroatoms. The monoisotopic (exact) mass is 459 g/mol. The lowest BCUT2D eigenvalue weighted by molar-refractivity contribution is -0.387. The second kappa shape index (κ2) is 11.1. The van der Waals surface area contributed by atoms with Crippen molar-refractivity contribution in [1.82, 2.24) is 9.55 Å². The van der Waals surface area contributed by atoms with Gasteiger partial charge < -0.3 is 18.8 Å². The van der Waals surface area contributed by atoms with Crippen LogP contribution in [0.4, 0.5) is 5.69 Å². The van der Waals surface area contributed by atoms with Crippen LogP contribution in [0.15, 0.2) is 60.0 Å². The van der Waals surface area contributed by atoms with E-state index in [1.165, 1.54) is 32.4 Å². The molecule has 0 spiro atoms. The van der Waals surface area contributed by atoms with Crippen LogP contribution in [0.2, 0.25) is 0 Å². The van der Waals surface area contributed by atoms with Crippen LogP contribution in [-0.2, 0) is 20.6 Å². The quantitative estimate of drug-likeness (QED) is 0.140. The smallest absolute Gasteiger partial charge is 0.327 e. The molecular weight excluding hydrogens is 434 g/mol. The fourth-order valence-electron chi connectivity index (χ4n) is 3.27. The van der Waals surface area contributed by atoms with E-state index in [0.717, 1.165) is 11.3 Å². The first-order chi connectivity index (χ1) is 15.5. The Hall–Kier alpha value is -2.92. The van der Waals surface area contributed by atoms with Gasteiger partial charge in [0.15, 0.2) is 6.29 Å². The highest BCUT2D eigenvalue weighted by molar-refractivity contribution is 7.91. The third-order valence-corrected chi connectivity index (χ3v) is 6.17. The van der Waals surface area contributed by atoms with Crippen molar-refractivity contribution in [2.75, 3.05) is 26.6 Å². The summed E-state index contributed by atoms with van der Waals surface area (Å²) in [4.78, 5) is 15.1. The number of nitrogens with zero attached hydrogens (tertiary/aromatic N) is 3. The lowest BCUT2D eigenvalue weighted by Crippen LogP contribution is -2.15. The molecule has 0 saturated carbocycles. The highest BCUT2D eigenvalue weighted by Crippen LogP contribution is 2.31. The van der Waals surface area contributed by atoms with Gasteiger partial charge in [0, 0.05) is 44.1 Å². The summed E-state index contributed by atoms with van der Waals surface area (Å²) < 4.78 is 30.7. The Balaban J connectivity index is 1.62. The first kappa shape index (κ1) is 23.7. The van der Waals surface area contributed by atoms with Crippen LogP contribution in [0.5, 0.6) is 5.75 Å². The molecule has 0 N–H and O–H groups in total. The van der Waals surface area contributed by atoms with Gasteiger partial charge in [-0.15, -0.1) is 0 Å². The van der Waals surface area contributed by atoms with E-state index in [4.69, 9.17) is 14.2 Å². The lowest BCUT2D eigenvalue weighted by atomic mass is 10.1. The Morgan fingerprint density at radius 1 is 1.19 bits per heavy atom. The maximum Gasteiger partial charge on any atom is 0.327 e. The van der Waals surface area contributed by atoms with Gasteiger partial charge in [-0.05, 0) is 30.7 Å². The summed E-state index contributed by atoms with van der Waals surface area (Å²) in [6.45, 7) is 2.28. The van der Waals surface area contributed by atoms with Crippen molar-refractivity contribution in [1.29, 1.82) is 0 Å². The normalized spacial score (nSPS) is 12.2. The predicted molar refractivity (Wildman–Crippen MR) is 120 cm³/mol. The second-order valence-corrected chi connectivity index (χ2v) is 8.36. The van der Waals surface area contributed by atoms with E-state index in [2.05, 4.69) is 4.98 Å². The van der Waals surface area contributed by atoms with Gasteiger partial charge in [-0.3, -0.25) is 14.7 Å². The van der Waals surface area contributed by atoms with Crippen molar-refractivity contribution >= 4 is 16.9 Å². The number of aryl methyl sites for hydroxylation is 1. The first-order valence-corrected chi connectivity index (χ1v) is 11.2. The topological polar surface area (TPSA) is 112 Å². The molecule has 0 saturated heterocycles. The van der Waals surface area contributed by atoms with Crippen LogP contribution < -0.4 is 4.74 Å². The van der Waals surface area contributed by atoms with Crippen molar-refractivity contribution < 1.29 is 23.7 Å². The molecule has 0 bridgehead atoms. The van der Waals surface area contributed by atoms with Gasteiger partial charge in [0.05, 0.1) is 29.0 Å². The largest absolute Gasteiger partial charge is 0.609 e. The average molecular weight is 460 g/mol. The molecule has 0 aliphatic rings. The standard InChI is InChI=1S/C22H25N3O6S/c1-16-7-4-5-8-19(16)24-12-11-23-22(24)32(28)14-6-13-31-17-9-10-20(25(26)27)18(15-17)21(29-2)30-3/h4-5,7-12,15,21H,6,13-14H2,1-3H3. The van der Waals surface area contributed by atoms with E-state index in [1.54, 1.807) is 12.4 Å². The van der Waals surface area contributed by atoms with Crippen LogP contribution in [0, 0.1) is 17.0 Å². The number of hydrogen-bond acceptors (Lipinski definition) is 7. The summed E-state index contributed by atoms with van der Waals surface area (Å²) in [5.74, 6) is 0.804. The molecule has 170 valence electrons. The van der Waals surface area contributed by atoms with Gasteiger partial charge in [0.1, 0.15) is 11.5 Å². The van der Waals surface area contributed by atoms with Gasteiger partial charge in [-0.1, -0.05) is 18.2 Å². The zero-order chi connectivity index (χ0) is 23.1. The number of para-hydroxylation sites is 1. The van der Waals surface area contributed by atoms with E-state index in [0.29, 0.717) is 29.7 Å². The molecule has 1 unspecified atom stereocenters. The molecule has 1 heterocycles. The summed E-state index contributed by atoms with van der Waals surface area (Å²) in [7, 11) is 2.81.